The van der Waals surface area contributed by atoms with Crippen molar-refractivity contribution in [2.45, 2.75) is 25.8 Å². The summed E-state index contributed by atoms with van der Waals surface area (Å²) in [5, 5.41) is 3.03. The fraction of sp³-hybridized carbons (Fsp3) is 0.917. The van der Waals surface area contributed by atoms with Crippen molar-refractivity contribution in [3.8, 4) is 0 Å². The molecule has 0 aromatic rings. The van der Waals surface area contributed by atoms with Gasteiger partial charge in [-0.15, -0.1) is 0 Å². The minimum Gasteiger partial charge on any atom is -0.368 e. The van der Waals surface area contributed by atoms with Crippen LogP contribution >= 0.6 is 0 Å². The van der Waals surface area contributed by atoms with Crippen molar-refractivity contribution < 1.29 is 4.79 Å². The minimum atomic E-state index is -0.581. The number of rotatable bonds is 6. The molecule has 1 aliphatic heterocycles. The number of nitrogens with one attached hydrogen (secondary N) is 1. The normalized spacial score (nSPS) is 22.3. The molecular formula is C12H26N4O. The second-order valence-corrected chi connectivity index (χ2v) is 4.97. The van der Waals surface area contributed by atoms with Crippen LogP contribution in [0.3, 0.4) is 0 Å². The number of nitrogens with zero attached hydrogens (tertiary/aromatic N) is 2. The molecule has 0 radical (unpaired) electrons. The second kappa shape index (κ2) is 6.33. The van der Waals surface area contributed by atoms with Crippen LogP contribution in [0.5, 0.6) is 0 Å². The summed E-state index contributed by atoms with van der Waals surface area (Å²) in [4.78, 5) is 16.2. The molecule has 1 heterocycles. The number of hydrogen-bond donors (Lipinski definition) is 2. The summed E-state index contributed by atoms with van der Waals surface area (Å²) in [5.74, 6) is -0.271. The third-order valence-electron chi connectivity index (χ3n) is 3.94. The summed E-state index contributed by atoms with van der Waals surface area (Å²) in [5.41, 5.74) is 4.83. The monoisotopic (exact) mass is 242 g/mol. The molecule has 0 spiro atoms. The summed E-state index contributed by atoms with van der Waals surface area (Å²) >= 11 is 0. The zero-order valence-electron chi connectivity index (χ0n) is 11.3. The van der Waals surface area contributed by atoms with Gasteiger partial charge < -0.3 is 20.9 Å². The highest BCUT2D eigenvalue weighted by Crippen LogP contribution is 2.11. The molecule has 17 heavy (non-hydrogen) atoms. The van der Waals surface area contributed by atoms with Crippen LogP contribution in [0, 0.1) is 0 Å². The molecule has 5 heteroatoms. The minimum absolute atomic E-state index is 0.271. The van der Waals surface area contributed by atoms with Crippen molar-refractivity contribution in [1.82, 2.24) is 15.1 Å². The van der Waals surface area contributed by atoms with E-state index < -0.39 is 5.54 Å². The molecular weight excluding hydrogens is 216 g/mol. The number of carbonyl (C=O) groups excluding carboxylic acids is 1. The first-order chi connectivity index (χ1) is 8.01. The van der Waals surface area contributed by atoms with Crippen LogP contribution < -0.4 is 11.1 Å². The summed E-state index contributed by atoms with van der Waals surface area (Å²) in [7, 11) is 1.79. The van der Waals surface area contributed by atoms with Crippen molar-refractivity contribution in [1.29, 1.82) is 0 Å². The molecule has 1 saturated heterocycles. The molecule has 1 rings (SSSR count). The van der Waals surface area contributed by atoms with Crippen molar-refractivity contribution in [3.05, 3.63) is 0 Å². The van der Waals surface area contributed by atoms with Gasteiger partial charge in [-0.3, -0.25) is 4.79 Å². The zero-order valence-corrected chi connectivity index (χ0v) is 11.3. The lowest BCUT2D eigenvalue weighted by molar-refractivity contribution is -0.124. The van der Waals surface area contributed by atoms with E-state index in [0.29, 0.717) is 0 Å². The van der Waals surface area contributed by atoms with E-state index in [1.807, 2.05) is 6.92 Å². The van der Waals surface area contributed by atoms with Gasteiger partial charge in [0.2, 0.25) is 5.91 Å². The first kappa shape index (κ1) is 14.4. The third-order valence-corrected chi connectivity index (χ3v) is 3.94. The van der Waals surface area contributed by atoms with Crippen molar-refractivity contribution >= 4 is 5.91 Å². The van der Waals surface area contributed by atoms with Gasteiger partial charge in [-0.1, -0.05) is 6.92 Å². The lowest BCUT2D eigenvalue weighted by Gasteiger charge is -2.36. The Morgan fingerprint density at radius 3 is 2.24 bits per heavy atom. The van der Waals surface area contributed by atoms with Gasteiger partial charge in [0.25, 0.3) is 0 Å². The molecule has 1 unspecified atom stereocenters. The fourth-order valence-electron chi connectivity index (χ4n) is 2.08. The van der Waals surface area contributed by atoms with E-state index in [0.717, 1.165) is 45.7 Å². The maximum Gasteiger partial charge on any atom is 0.237 e. The van der Waals surface area contributed by atoms with Gasteiger partial charge in [0.1, 0.15) is 0 Å². The van der Waals surface area contributed by atoms with E-state index in [2.05, 4.69) is 22.0 Å². The standard InChI is InChI=1S/C12H26N4O/c1-4-15-7-9-16(10-8-15)6-5-12(2,14-3)11(13)17/h14H,4-10H2,1-3H3,(H2,13,17). The number of nitrogens with two attached hydrogens (primary N) is 1. The molecule has 3 N–H and O–H groups in total. The van der Waals surface area contributed by atoms with Crippen LogP contribution in [-0.2, 0) is 4.79 Å². The maximum atomic E-state index is 11.4. The van der Waals surface area contributed by atoms with Crippen LogP contribution in [0.15, 0.2) is 0 Å². The summed E-state index contributed by atoms with van der Waals surface area (Å²) < 4.78 is 0. The Hall–Kier alpha value is -0.650. The number of primary amides is 1. The average molecular weight is 242 g/mol. The third kappa shape index (κ3) is 3.94. The van der Waals surface area contributed by atoms with Crippen LogP contribution in [0.2, 0.25) is 0 Å². The molecule has 100 valence electrons. The smallest absolute Gasteiger partial charge is 0.237 e. The average Bonchev–Trinajstić information content (AvgIpc) is 2.36. The number of amides is 1. The van der Waals surface area contributed by atoms with Gasteiger partial charge in [0.05, 0.1) is 5.54 Å². The van der Waals surface area contributed by atoms with Gasteiger partial charge >= 0.3 is 0 Å². The molecule has 1 atom stereocenters. The van der Waals surface area contributed by atoms with Crippen LogP contribution in [0.25, 0.3) is 0 Å². The van der Waals surface area contributed by atoms with E-state index in [9.17, 15) is 4.79 Å². The lowest BCUT2D eigenvalue weighted by Crippen LogP contribution is -2.54. The van der Waals surface area contributed by atoms with E-state index in [1.165, 1.54) is 0 Å². The molecule has 1 amide bonds. The highest BCUT2D eigenvalue weighted by molar-refractivity contribution is 5.84. The summed E-state index contributed by atoms with van der Waals surface area (Å²) in [6, 6.07) is 0. The second-order valence-electron chi connectivity index (χ2n) is 4.97. The van der Waals surface area contributed by atoms with Gasteiger partial charge in [-0.2, -0.15) is 0 Å². The molecule has 0 saturated carbocycles. The molecule has 0 aliphatic carbocycles. The Balaban J connectivity index is 2.34. The van der Waals surface area contributed by atoms with Crippen LogP contribution in [0.4, 0.5) is 0 Å². The number of piperazine rings is 1. The van der Waals surface area contributed by atoms with Gasteiger partial charge in [0, 0.05) is 32.7 Å². The highest BCUT2D eigenvalue weighted by Gasteiger charge is 2.29. The topological polar surface area (TPSA) is 61.6 Å². The molecule has 0 aromatic carbocycles. The maximum absolute atomic E-state index is 11.4. The summed E-state index contributed by atoms with van der Waals surface area (Å²) in [6.45, 7) is 10.6. The van der Waals surface area contributed by atoms with Crippen LogP contribution in [0.1, 0.15) is 20.3 Å². The number of likely N-dealkylation sites (N-methyl/N-ethyl adjacent to an activating group) is 2. The molecule has 5 nitrogen and oxygen atoms in total. The predicted octanol–water partition coefficient (Wildman–Crippen LogP) is -0.523. The highest BCUT2D eigenvalue weighted by atomic mass is 16.1. The fourth-order valence-corrected chi connectivity index (χ4v) is 2.08. The van der Waals surface area contributed by atoms with Crippen molar-refractivity contribution in [3.63, 3.8) is 0 Å². The molecule has 0 aromatic heterocycles. The first-order valence-electron chi connectivity index (χ1n) is 6.45. The van der Waals surface area contributed by atoms with Gasteiger partial charge in [-0.25, -0.2) is 0 Å². The predicted molar refractivity (Wildman–Crippen MR) is 69.8 cm³/mol. The SMILES string of the molecule is CCN1CCN(CCC(C)(NC)C(N)=O)CC1. The molecule has 1 aliphatic rings. The van der Waals surface area contributed by atoms with Crippen molar-refractivity contribution in [2.24, 2.45) is 5.73 Å². The summed E-state index contributed by atoms with van der Waals surface area (Å²) in [6.07, 6.45) is 0.769. The Kier molecular flexibility index (Phi) is 5.36. The van der Waals surface area contributed by atoms with Crippen molar-refractivity contribution in [2.75, 3.05) is 46.3 Å². The lowest BCUT2D eigenvalue weighted by atomic mass is 9.97. The number of carbonyl (C=O) groups is 1. The molecule has 1 fully saturated rings. The van der Waals surface area contributed by atoms with E-state index in [4.69, 9.17) is 5.73 Å². The quantitative estimate of drug-likeness (QED) is 0.658. The molecule has 0 bridgehead atoms. The Bertz CT molecular complexity index is 251. The van der Waals surface area contributed by atoms with E-state index >= 15 is 0 Å². The van der Waals surface area contributed by atoms with Gasteiger partial charge in [0.15, 0.2) is 0 Å². The Morgan fingerprint density at radius 1 is 1.29 bits per heavy atom. The zero-order chi connectivity index (χ0) is 12.9. The van der Waals surface area contributed by atoms with Crippen LogP contribution in [-0.4, -0.2) is 67.6 Å². The Labute approximate surface area is 104 Å². The largest absolute Gasteiger partial charge is 0.368 e. The van der Waals surface area contributed by atoms with Gasteiger partial charge in [-0.05, 0) is 26.9 Å². The number of hydrogen-bond acceptors (Lipinski definition) is 4. The first-order valence-corrected chi connectivity index (χ1v) is 6.45. The Morgan fingerprint density at radius 2 is 1.82 bits per heavy atom. The van der Waals surface area contributed by atoms with E-state index in [-0.39, 0.29) is 5.91 Å². The van der Waals surface area contributed by atoms with E-state index in [1.54, 1.807) is 7.05 Å².